The summed E-state index contributed by atoms with van der Waals surface area (Å²) in [7, 11) is 0. The monoisotopic (exact) mass is 349 g/mol. The fourth-order valence-electron chi connectivity index (χ4n) is 2.10. The molecular formula is C17H24FN5O2. The molecule has 1 heterocycles. The van der Waals surface area contributed by atoms with Crippen LogP contribution in [0.5, 0.6) is 5.75 Å². The van der Waals surface area contributed by atoms with E-state index in [9.17, 15) is 4.39 Å². The zero-order valence-electron chi connectivity index (χ0n) is 14.8. The number of rotatable bonds is 8. The molecule has 8 heteroatoms. The predicted molar refractivity (Wildman–Crippen MR) is 93.0 cm³/mol. The first kappa shape index (κ1) is 18.7. The van der Waals surface area contributed by atoms with Crippen LogP contribution < -0.4 is 15.4 Å². The topological polar surface area (TPSA) is 84.6 Å². The molecule has 0 aliphatic heterocycles. The van der Waals surface area contributed by atoms with Crippen molar-refractivity contribution in [2.24, 2.45) is 4.99 Å². The zero-order valence-corrected chi connectivity index (χ0v) is 14.8. The van der Waals surface area contributed by atoms with Gasteiger partial charge in [0.1, 0.15) is 12.6 Å². The first-order valence-corrected chi connectivity index (χ1v) is 8.34. The number of aryl methyl sites for hydroxylation is 1. The molecule has 1 aromatic carbocycles. The van der Waals surface area contributed by atoms with Gasteiger partial charge in [-0.1, -0.05) is 24.2 Å². The fourth-order valence-corrected chi connectivity index (χ4v) is 2.10. The Kier molecular flexibility index (Phi) is 7.18. The largest absolute Gasteiger partial charge is 0.486 e. The molecule has 2 N–H and O–H groups in total. The summed E-state index contributed by atoms with van der Waals surface area (Å²) in [5.41, 5.74) is 0. The van der Waals surface area contributed by atoms with Crippen LogP contribution in [0.1, 0.15) is 32.0 Å². The highest BCUT2D eigenvalue weighted by Gasteiger charge is 2.12. The summed E-state index contributed by atoms with van der Waals surface area (Å²) in [6, 6.07) is 6.39. The lowest BCUT2D eigenvalue weighted by molar-refractivity contribution is 0.191. The molecule has 136 valence electrons. The highest BCUT2D eigenvalue weighted by atomic mass is 19.1. The lowest BCUT2D eigenvalue weighted by Gasteiger charge is -2.20. The van der Waals surface area contributed by atoms with Crippen molar-refractivity contribution in [2.75, 3.05) is 13.1 Å². The smallest absolute Gasteiger partial charge is 0.223 e. The van der Waals surface area contributed by atoms with Crippen molar-refractivity contribution in [2.45, 2.75) is 39.8 Å². The first-order valence-electron chi connectivity index (χ1n) is 8.34. The molecular weight excluding hydrogens is 325 g/mol. The van der Waals surface area contributed by atoms with Gasteiger partial charge in [-0.2, -0.15) is 4.98 Å². The number of benzene rings is 1. The molecule has 1 aromatic heterocycles. The number of guanidine groups is 1. The van der Waals surface area contributed by atoms with Gasteiger partial charge in [-0.25, -0.2) is 9.38 Å². The van der Waals surface area contributed by atoms with Crippen LogP contribution in [0.4, 0.5) is 4.39 Å². The lowest BCUT2D eigenvalue weighted by Crippen LogP contribution is -2.42. The van der Waals surface area contributed by atoms with Gasteiger partial charge in [0.05, 0.1) is 6.54 Å². The second kappa shape index (κ2) is 9.61. The van der Waals surface area contributed by atoms with E-state index in [0.29, 0.717) is 37.3 Å². The summed E-state index contributed by atoms with van der Waals surface area (Å²) < 4.78 is 24.4. The summed E-state index contributed by atoms with van der Waals surface area (Å²) in [5, 5.41) is 10.1. The van der Waals surface area contributed by atoms with Gasteiger partial charge in [0.25, 0.3) is 0 Å². The highest BCUT2D eigenvalue weighted by Crippen LogP contribution is 2.17. The number of halogens is 1. The maximum Gasteiger partial charge on any atom is 0.223 e. The fraction of sp³-hybridized carbons (Fsp3) is 0.471. The minimum Gasteiger partial charge on any atom is -0.486 e. The molecule has 0 bridgehead atoms. The van der Waals surface area contributed by atoms with Crippen molar-refractivity contribution in [3.8, 4) is 5.75 Å². The maximum absolute atomic E-state index is 13.7. The number of hydrogen-bond donors (Lipinski definition) is 2. The van der Waals surface area contributed by atoms with E-state index in [-0.39, 0.29) is 17.7 Å². The molecule has 0 fully saturated rings. The van der Waals surface area contributed by atoms with Gasteiger partial charge >= 0.3 is 0 Å². The Morgan fingerprint density at radius 3 is 2.76 bits per heavy atom. The summed E-state index contributed by atoms with van der Waals surface area (Å²) in [6.45, 7) is 7.19. The highest BCUT2D eigenvalue weighted by molar-refractivity contribution is 5.79. The minimum absolute atomic E-state index is 0.187. The second-order valence-electron chi connectivity index (χ2n) is 5.38. The van der Waals surface area contributed by atoms with Crippen molar-refractivity contribution in [1.82, 2.24) is 20.8 Å². The average Bonchev–Trinajstić information content (AvgIpc) is 3.03. The number of nitrogens with one attached hydrogen (secondary N) is 2. The third-order valence-electron chi connectivity index (χ3n) is 3.38. The Morgan fingerprint density at radius 2 is 2.12 bits per heavy atom. The molecule has 2 rings (SSSR count). The van der Waals surface area contributed by atoms with Gasteiger partial charge in [0.15, 0.2) is 23.4 Å². The standard InChI is InChI=1S/C17H24FN5O2/c1-4-13(24-15-9-7-6-8-14(15)18)10-20-17(19-5-2)21-11-16-22-12(3)25-23-16/h6-9,13H,4-5,10-11H2,1-3H3,(H2,19,20,21). The summed E-state index contributed by atoms with van der Waals surface area (Å²) in [5.74, 6) is 1.52. The van der Waals surface area contributed by atoms with Crippen molar-refractivity contribution >= 4 is 5.96 Å². The van der Waals surface area contributed by atoms with E-state index in [4.69, 9.17) is 9.26 Å². The summed E-state index contributed by atoms with van der Waals surface area (Å²) in [4.78, 5) is 8.52. The zero-order chi connectivity index (χ0) is 18.1. The number of ether oxygens (including phenoxy) is 1. The third kappa shape index (κ3) is 6.06. The Bertz CT molecular complexity index is 689. The number of nitrogens with zero attached hydrogens (tertiary/aromatic N) is 3. The molecule has 0 saturated carbocycles. The normalized spacial score (nSPS) is 12.7. The van der Waals surface area contributed by atoms with Gasteiger partial charge in [-0.05, 0) is 25.5 Å². The molecule has 0 spiro atoms. The third-order valence-corrected chi connectivity index (χ3v) is 3.38. The minimum atomic E-state index is -0.367. The first-order chi connectivity index (χ1) is 12.1. The number of hydrogen-bond acceptors (Lipinski definition) is 5. The van der Waals surface area contributed by atoms with E-state index >= 15 is 0 Å². The Balaban J connectivity index is 1.92. The van der Waals surface area contributed by atoms with Crippen molar-refractivity contribution in [3.05, 3.63) is 41.8 Å². The molecule has 0 amide bonds. The van der Waals surface area contributed by atoms with E-state index < -0.39 is 0 Å². The maximum atomic E-state index is 13.7. The molecule has 0 saturated heterocycles. The van der Waals surface area contributed by atoms with E-state index in [1.54, 1.807) is 25.1 Å². The van der Waals surface area contributed by atoms with Crippen LogP contribution in [0.15, 0.2) is 33.8 Å². The Hall–Kier alpha value is -2.64. The van der Waals surface area contributed by atoms with E-state index in [0.717, 1.165) is 6.42 Å². The van der Waals surface area contributed by atoms with Crippen LogP contribution in [-0.2, 0) is 6.54 Å². The van der Waals surface area contributed by atoms with E-state index in [1.807, 2.05) is 13.8 Å². The number of aliphatic imine (C=N–C) groups is 1. The second-order valence-corrected chi connectivity index (χ2v) is 5.38. The quantitative estimate of drug-likeness (QED) is 0.562. The average molecular weight is 349 g/mol. The molecule has 2 aromatic rings. The van der Waals surface area contributed by atoms with Crippen LogP contribution in [-0.4, -0.2) is 35.3 Å². The molecule has 1 unspecified atom stereocenters. The molecule has 7 nitrogen and oxygen atoms in total. The van der Waals surface area contributed by atoms with Crippen LogP contribution in [0.25, 0.3) is 0 Å². The lowest BCUT2D eigenvalue weighted by atomic mass is 10.2. The van der Waals surface area contributed by atoms with Crippen LogP contribution in [0.3, 0.4) is 0 Å². The molecule has 0 aliphatic carbocycles. The van der Waals surface area contributed by atoms with Crippen LogP contribution in [0, 0.1) is 12.7 Å². The summed E-state index contributed by atoms with van der Waals surface area (Å²) in [6.07, 6.45) is 0.540. The van der Waals surface area contributed by atoms with Crippen LogP contribution >= 0.6 is 0 Å². The van der Waals surface area contributed by atoms with Gasteiger partial charge < -0.3 is 19.9 Å². The SMILES string of the molecule is CCNC(=NCc1noc(C)n1)NCC(CC)Oc1ccccc1F. The predicted octanol–water partition coefficient (Wildman–Crippen LogP) is 2.43. The van der Waals surface area contributed by atoms with Crippen molar-refractivity contribution < 1.29 is 13.7 Å². The van der Waals surface area contributed by atoms with Gasteiger partial charge in [0.2, 0.25) is 5.89 Å². The van der Waals surface area contributed by atoms with E-state index in [2.05, 4.69) is 25.8 Å². The molecule has 0 aliphatic rings. The van der Waals surface area contributed by atoms with Crippen molar-refractivity contribution in [3.63, 3.8) is 0 Å². The Labute approximate surface area is 146 Å². The van der Waals surface area contributed by atoms with Gasteiger partial charge in [-0.15, -0.1) is 0 Å². The summed E-state index contributed by atoms with van der Waals surface area (Å²) >= 11 is 0. The molecule has 1 atom stereocenters. The van der Waals surface area contributed by atoms with E-state index in [1.165, 1.54) is 6.07 Å². The van der Waals surface area contributed by atoms with Gasteiger partial charge in [-0.3, -0.25) is 0 Å². The number of para-hydroxylation sites is 1. The van der Waals surface area contributed by atoms with Crippen molar-refractivity contribution in [1.29, 1.82) is 0 Å². The van der Waals surface area contributed by atoms with Crippen LogP contribution in [0.2, 0.25) is 0 Å². The number of aromatic nitrogens is 2. The Morgan fingerprint density at radius 1 is 1.32 bits per heavy atom. The van der Waals surface area contributed by atoms with Gasteiger partial charge in [0, 0.05) is 13.5 Å². The molecule has 0 radical (unpaired) electrons. The molecule has 25 heavy (non-hydrogen) atoms.